The standard InChI is InChI=1S/C12H8BF3O3.C12H15BF2O3.C6H12BO2.C6H3BrF2O.CH4/c14-8-2-1-3-9(6-8)19-12-10(15)4-7(13(17)18)5-11(12)16;1-11(2)12(3,4)18-13(17-11)7-5-8(14)10(16)9(15)6-7;1-5(2)6(3,4)9-7-8-5;7-3-1-4(8)6(10)5(9)2-3;/h1-6,17-18H;5-6,16H,1-4H3;1-4H3;1-2,10H;1H4. The first-order valence-electron chi connectivity index (χ1n) is 16.5. The second-order valence-electron chi connectivity index (χ2n) is 14.2. The normalized spacial score (nSPS) is 16.6. The molecule has 0 saturated carbocycles. The van der Waals surface area contributed by atoms with E-state index in [-0.39, 0.29) is 39.8 Å². The lowest BCUT2D eigenvalue weighted by atomic mass is 9.79. The largest absolute Gasteiger partial charge is 0.503 e. The van der Waals surface area contributed by atoms with Gasteiger partial charge in [-0.25, -0.2) is 30.7 Å². The molecule has 4 aromatic rings. The molecule has 2 fully saturated rings. The molecule has 0 unspecified atom stereocenters. The van der Waals surface area contributed by atoms with Crippen LogP contribution in [0.4, 0.5) is 30.7 Å². The maximum Gasteiger partial charge on any atom is 0.495 e. The van der Waals surface area contributed by atoms with Crippen LogP contribution in [0.5, 0.6) is 23.0 Å². The van der Waals surface area contributed by atoms with Gasteiger partial charge in [0.2, 0.25) is 0 Å². The highest BCUT2D eigenvalue weighted by molar-refractivity contribution is 9.10. The zero-order valence-electron chi connectivity index (χ0n) is 31.4. The van der Waals surface area contributed by atoms with Gasteiger partial charge in [-0.05, 0) is 115 Å². The van der Waals surface area contributed by atoms with Crippen LogP contribution in [0.15, 0.2) is 65.1 Å². The predicted molar refractivity (Wildman–Crippen MR) is 205 cm³/mol. The first kappa shape index (κ1) is 49.4. The van der Waals surface area contributed by atoms with Crippen molar-refractivity contribution in [2.45, 2.75) is 85.2 Å². The zero-order chi connectivity index (χ0) is 42.6. The third kappa shape index (κ3) is 12.6. The number of benzene rings is 4. The molecular formula is C37H42B3BrF7O9. The molecule has 0 amide bonds. The SMILES string of the molecule is C.CC1(C)OB(c2cc(F)c(O)c(F)c2)OC1(C)C.CC1(C)O[B]OC1(C)C.OB(O)c1cc(F)c(Oc2cccc(F)c2)c(F)c1.Oc1c(F)cc(Br)cc1F. The highest BCUT2D eigenvalue weighted by Crippen LogP contribution is 2.37. The molecule has 2 aliphatic rings. The fraction of sp³-hybridized carbons (Fsp3) is 0.351. The molecule has 9 nitrogen and oxygen atoms in total. The lowest BCUT2D eigenvalue weighted by Crippen LogP contribution is -2.41. The Balaban J connectivity index is 0.000000273. The second kappa shape index (κ2) is 19.3. The van der Waals surface area contributed by atoms with Crippen LogP contribution in [0.2, 0.25) is 0 Å². The van der Waals surface area contributed by atoms with Gasteiger partial charge in [0.1, 0.15) is 11.6 Å². The number of ether oxygens (including phenoxy) is 1. The van der Waals surface area contributed by atoms with Gasteiger partial charge in [0, 0.05) is 10.5 Å². The van der Waals surface area contributed by atoms with E-state index in [1.54, 1.807) is 0 Å². The van der Waals surface area contributed by atoms with Crippen molar-refractivity contribution in [3.05, 3.63) is 106 Å². The third-order valence-corrected chi connectivity index (χ3v) is 9.47. The van der Waals surface area contributed by atoms with Crippen LogP contribution in [-0.2, 0) is 18.6 Å². The summed E-state index contributed by atoms with van der Waals surface area (Å²) in [5.74, 6) is -9.58. The van der Waals surface area contributed by atoms with E-state index in [1.165, 1.54) is 19.8 Å². The van der Waals surface area contributed by atoms with Crippen LogP contribution in [0, 0.1) is 40.7 Å². The topological polar surface area (TPSA) is 127 Å². The number of hydrogen-bond donors (Lipinski definition) is 4. The number of rotatable bonds is 4. The van der Waals surface area contributed by atoms with E-state index in [0.717, 1.165) is 48.5 Å². The van der Waals surface area contributed by atoms with Gasteiger partial charge in [0.05, 0.1) is 22.4 Å². The van der Waals surface area contributed by atoms with Gasteiger partial charge in [-0.3, -0.25) is 0 Å². The summed E-state index contributed by atoms with van der Waals surface area (Å²) in [6.45, 7) is 15.4. The maximum absolute atomic E-state index is 13.6. The summed E-state index contributed by atoms with van der Waals surface area (Å²) in [5, 5.41) is 35.3. The van der Waals surface area contributed by atoms with Crippen LogP contribution in [-0.4, -0.2) is 64.6 Å². The Kier molecular flexibility index (Phi) is 16.7. The Labute approximate surface area is 336 Å². The number of hydrogen-bond acceptors (Lipinski definition) is 9. The van der Waals surface area contributed by atoms with Gasteiger partial charge in [0.25, 0.3) is 0 Å². The quantitative estimate of drug-likeness (QED) is 0.120. The van der Waals surface area contributed by atoms with Crippen molar-refractivity contribution in [1.82, 2.24) is 0 Å². The molecule has 4 aromatic carbocycles. The van der Waals surface area contributed by atoms with E-state index in [9.17, 15) is 30.7 Å². The van der Waals surface area contributed by atoms with Gasteiger partial charge in [-0.15, -0.1) is 0 Å². The van der Waals surface area contributed by atoms with Gasteiger partial charge in [0.15, 0.2) is 52.2 Å². The van der Waals surface area contributed by atoms with Crippen LogP contribution >= 0.6 is 15.9 Å². The van der Waals surface area contributed by atoms with Crippen molar-refractivity contribution in [3.63, 3.8) is 0 Å². The first-order chi connectivity index (χ1) is 25.7. The average molecular weight is 876 g/mol. The fourth-order valence-corrected chi connectivity index (χ4v) is 4.66. The zero-order valence-corrected chi connectivity index (χ0v) is 32.9. The smallest absolute Gasteiger partial charge is 0.495 e. The molecule has 4 N–H and O–H groups in total. The highest BCUT2D eigenvalue weighted by Gasteiger charge is 2.52. The lowest BCUT2D eigenvalue weighted by molar-refractivity contribution is 0.00578. The summed E-state index contributed by atoms with van der Waals surface area (Å²) in [7, 11) is -1.42. The Morgan fingerprint density at radius 1 is 0.632 bits per heavy atom. The van der Waals surface area contributed by atoms with E-state index in [1.807, 2.05) is 55.4 Å². The molecule has 309 valence electrons. The molecule has 0 spiro atoms. The van der Waals surface area contributed by atoms with Crippen molar-refractivity contribution >= 4 is 48.8 Å². The molecular weight excluding hydrogens is 834 g/mol. The van der Waals surface area contributed by atoms with E-state index >= 15 is 0 Å². The minimum Gasteiger partial charge on any atom is -0.503 e. The van der Waals surface area contributed by atoms with Crippen molar-refractivity contribution < 1.29 is 74.3 Å². The minimum atomic E-state index is -1.99. The first-order valence-corrected chi connectivity index (χ1v) is 17.3. The predicted octanol–water partition coefficient (Wildman–Crippen LogP) is 7.74. The fourth-order valence-electron chi connectivity index (χ4n) is 4.26. The second-order valence-corrected chi connectivity index (χ2v) is 15.2. The molecule has 6 rings (SSSR count). The summed E-state index contributed by atoms with van der Waals surface area (Å²) in [4.78, 5) is 0. The highest BCUT2D eigenvalue weighted by atomic mass is 79.9. The summed E-state index contributed by atoms with van der Waals surface area (Å²) in [5.41, 5.74) is -1.67. The minimum absolute atomic E-state index is 0. The van der Waals surface area contributed by atoms with Crippen molar-refractivity contribution in [2.24, 2.45) is 0 Å². The molecule has 57 heavy (non-hydrogen) atoms. The Morgan fingerprint density at radius 2 is 1.05 bits per heavy atom. The molecule has 0 atom stereocenters. The van der Waals surface area contributed by atoms with E-state index in [2.05, 4.69) is 15.9 Å². The molecule has 0 aliphatic carbocycles. The summed E-state index contributed by atoms with van der Waals surface area (Å²) < 4.78 is 118. The van der Waals surface area contributed by atoms with E-state index in [0.29, 0.717) is 0 Å². The molecule has 0 aromatic heterocycles. The van der Waals surface area contributed by atoms with Crippen molar-refractivity contribution in [3.8, 4) is 23.0 Å². The number of halogens is 8. The van der Waals surface area contributed by atoms with Crippen LogP contribution in [0.1, 0.15) is 62.8 Å². The molecule has 1 radical (unpaired) electrons. The molecule has 2 heterocycles. The summed E-state index contributed by atoms with van der Waals surface area (Å²) in [6, 6.07) is 10.2. The molecule has 2 aliphatic heterocycles. The van der Waals surface area contributed by atoms with Gasteiger partial charge < -0.3 is 43.6 Å². The van der Waals surface area contributed by atoms with E-state index < -0.39 is 83.4 Å². The van der Waals surface area contributed by atoms with Gasteiger partial charge in [-0.1, -0.05) is 29.4 Å². The van der Waals surface area contributed by atoms with Crippen LogP contribution < -0.4 is 15.7 Å². The third-order valence-electron chi connectivity index (χ3n) is 9.02. The van der Waals surface area contributed by atoms with Gasteiger partial charge >= 0.3 is 21.9 Å². The van der Waals surface area contributed by atoms with Crippen molar-refractivity contribution in [2.75, 3.05) is 0 Å². The van der Waals surface area contributed by atoms with Crippen molar-refractivity contribution in [1.29, 1.82) is 0 Å². The van der Waals surface area contributed by atoms with Crippen LogP contribution in [0.25, 0.3) is 0 Å². The van der Waals surface area contributed by atoms with Crippen LogP contribution in [0.3, 0.4) is 0 Å². The van der Waals surface area contributed by atoms with E-state index in [4.69, 9.17) is 43.6 Å². The lowest BCUT2D eigenvalue weighted by Gasteiger charge is -2.32. The Hall–Kier alpha value is -3.78. The summed E-state index contributed by atoms with van der Waals surface area (Å²) >= 11 is 2.86. The molecule has 20 heteroatoms. The average Bonchev–Trinajstić information content (AvgIpc) is 3.46. The summed E-state index contributed by atoms with van der Waals surface area (Å²) in [6.07, 6.45) is 0. The number of phenols is 2. The monoisotopic (exact) mass is 875 g/mol. The molecule has 2 saturated heterocycles. The Bertz CT molecular complexity index is 1910. The number of aromatic hydroxyl groups is 2. The molecule has 0 bridgehead atoms. The maximum atomic E-state index is 13.6. The number of phenolic OH excluding ortho intramolecular Hbond substituents is 2. The van der Waals surface area contributed by atoms with Gasteiger partial charge in [-0.2, -0.15) is 0 Å². The Morgan fingerprint density at radius 3 is 1.42 bits per heavy atom.